The molecule has 2 unspecified atom stereocenters. The van der Waals surface area contributed by atoms with Crippen LogP contribution in [0.4, 0.5) is 4.39 Å². The average molecular weight is 442 g/mol. The Bertz CT molecular complexity index is 1170. The summed E-state index contributed by atoms with van der Waals surface area (Å²) in [6, 6.07) is 5.46. The van der Waals surface area contributed by atoms with Crippen molar-refractivity contribution in [3.8, 4) is 0 Å². The lowest BCUT2D eigenvalue weighted by molar-refractivity contribution is -0.120. The van der Waals surface area contributed by atoms with Crippen molar-refractivity contribution in [3.05, 3.63) is 65.6 Å². The van der Waals surface area contributed by atoms with Gasteiger partial charge >= 0.3 is 0 Å². The maximum Gasteiger partial charge on any atom is 0.199 e. The topological polar surface area (TPSA) is 77.1 Å². The van der Waals surface area contributed by atoms with Crippen LogP contribution in [0.1, 0.15) is 31.6 Å². The van der Waals surface area contributed by atoms with Crippen LogP contribution in [0.3, 0.4) is 0 Å². The van der Waals surface area contributed by atoms with Crippen molar-refractivity contribution in [1.29, 1.82) is 0 Å². The molecule has 0 N–H and O–H groups in total. The minimum atomic E-state index is -1.05. The first-order valence-electron chi connectivity index (χ1n) is 10.2. The average Bonchev–Trinajstić information content (AvgIpc) is 3.44. The standard InChI is InChI=1S/C22H21ClFN5O2/c1-14-2-3-15(21-27-19-11-17(23)4-5-20(19)31-21)12-28(14)22(29-25-8-9-26-29)7-6-18(24)10-16(22)13-30/h4-11,13-16H,2-3,12H2,1H3/t14-,15-,16?,22?/m1/s1. The molecule has 3 heterocycles. The van der Waals surface area contributed by atoms with Crippen LogP contribution in [0.25, 0.3) is 11.1 Å². The minimum Gasteiger partial charge on any atom is -0.440 e. The first-order chi connectivity index (χ1) is 15.0. The van der Waals surface area contributed by atoms with Crippen LogP contribution in [0, 0.1) is 5.92 Å². The predicted molar refractivity (Wildman–Crippen MR) is 113 cm³/mol. The zero-order valence-corrected chi connectivity index (χ0v) is 17.6. The molecule has 5 rings (SSSR count). The third kappa shape index (κ3) is 3.30. The molecule has 1 aliphatic heterocycles. The number of rotatable bonds is 4. The van der Waals surface area contributed by atoms with E-state index in [4.69, 9.17) is 16.0 Å². The maximum atomic E-state index is 14.1. The van der Waals surface area contributed by atoms with E-state index in [-0.39, 0.29) is 12.0 Å². The SMILES string of the molecule is C[C@@H]1CC[C@@H](c2nc3cc(Cl)ccc3o2)CN1C1(n2nccn2)C=CC(F)=CC1C=O. The number of halogens is 2. The van der Waals surface area contributed by atoms with Gasteiger partial charge in [0.2, 0.25) is 0 Å². The van der Waals surface area contributed by atoms with Gasteiger partial charge in [0.25, 0.3) is 0 Å². The van der Waals surface area contributed by atoms with Gasteiger partial charge in [-0.15, -0.1) is 0 Å². The van der Waals surface area contributed by atoms with Crippen molar-refractivity contribution in [2.75, 3.05) is 6.54 Å². The Labute approximate surface area is 183 Å². The molecule has 0 saturated carbocycles. The third-order valence-corrected chi connectivity index (χ3v) is 6.50. The van der Waals surface area contributed by atoms with E-state index in [1.807, 2.05) is 6.07 Å². The maximum absolute atomic E-state index is 14.1. The number of oxazole rings is 1. The fourth-order valence-electron chi connectivity index (χ4n) is 4.71. The number of fused-ring (bicyclic) bond motifs is 1. The lowest BCUT2D eigenvalue weighted by Gasteiger charge is -2.50. The van der Waals surface area contributed by atoms with Gasteiger partial charge in [-0.1, -0.05) is 11.6 Å². The van der Waals surface area contributed by atoms with Crippen LogP contribution in [-0.4, -0.2) is 43.8 Å². The summed E-state index contributed by atoms with van der Waals surface area (Å²) in [5.41, 5.74) is 0.347. The first-order valence-corrected chi connectivity index (χ1v) is 10.6. The number of carbonyl (C=O) groups is 1. The lowest BCUT2D eigenvalue weighted by atomic mass is 9.82. The van der Waals surface area contributed by atoms with Crippen LogP contribution >= 0.6 is 11.6 Å². The molecule has 1 aliphatic carbocycles. The number of piperidine rings is 1. The van der Waals surface area contributed by atoms with Crippen LogP contribution in [-0.2, 0) is 10.5 Å². The Morgan fingerprint density at radius 2 is 2.10 bits per heavy atom. The largest absolute Gasteiger partial charge is 0.440 e. The number of hydrogen-bond donors (Lipinski definition) is 0. The van der Waals surface area contributed by atoms with E-state index in [1.165, 1.54) is 16.9 Å². The van der Waals surface area contributed by atoms with Crippen LogP contribution < -0.4 is 0 Å². The van der Waals surface area contributed by atoms with E-state index >= 15 is 0 Å². The number of aldehydes is 1. The van der Waals surface area contributed by atoms with Gasteiger partial charge < -0.3 is 9.21 Å². The molecule has 0 radical (unpaired) electrons. The number of hydrogen-bond acceptors (Lipinski definition) is 6. The van der Waals surface area contributed by atoms with Crippen LogP contribution in [0.5, 0.6) is 0 Å². The molecule has 0 bridgehead atoms. The zero-order valence-electron chi connectivity index (χ0n) is 16.9. The summed E-state index contributed by atoms with van der Waals surface area (Å²) in [6.07, 6.45) is 9.98. The summed E-state index contributed by atoms with van der Waals surface area (Å²) in [6.45, 7) is 2.64. The van der Waals surface area contributed by atoms with E-state index in [0.717, 1.165) is 19.1 Å². The molecule has 3 aromatic rings. The highest BCUT2D eigenvalue weighted by Crippen LogP contribution is 2.42. The quantitative estimate of drug-likeness (QED) is 0.564. The molecular weight excluding hydrogens is 421 g/mol. The molecule has 0 spiro atoms. The number of likely N-dealkylation sites (tertiary alicyclic amines) is 1. The van der Waals surface area contributed by atoms with E-state index in [2.05, 4.69) is 27.0 Å². The highest BCUT2D eigenvalue weighted by Gasteiger charge is 2.50. The van der Waals surface area contributed by atoms with Crippen LogP contribution in [0.15, 0.2) is 59.1 Å². The summed E-state index contributed by atoms with van der Waals surface area (Å²) in [4.78, 5) is 20.4. The van der Waals surface area contributed by atoms with Gasteiger partial charge in [-0.05, 0) is 56.2 Å². The fraction of sp³-hybridized carbons (Fsp3) is 0.364. The molecule has 1 fully saturated rings. The molecular formula is C22H21ClFN5O2. The molecule has 1 aromatic carbocycles. The second kappa shape index (κ2) is 7.69. The second-order valence-electron chi connectivity index (χ2n) is 8.09. The Hall–Kier alpha value is -2.84. The molecule has 7 nitrogen and oxygen atoms in total. The van der Waals surface area contributed by atoms with Crippen molar-refractivity contribution < 1.29 is 13.6 Å². The monoisotopic (exact) mass is 441 g/mol. The first kappa shape index (κ1) is 20.1. The Morgan fingerprint density at radius 3 is 2.87 bits per heavy atom. The third-order valence-electron chi connectivity index (χ3n) is 6.26. The van der Waals surface area contributed by atoms with E-state index < -0.39 is 17.4 Å². The Morgan fingerprint density at radius 1 is 1.29 bits per heavy atom. The number of benzene rings is 1. The van der Waals surface area contributed by atoms with E-state index in [0.29, 0.717) is 28.6 Å². The summed E-state index contributed by atoms with van der Waals surface area (Å²) < 4.78 is 20.1. The number of allylic oxidation sites excluding steroid dienone is 2. The molecule has 4 atom stereocenters. The van der Waals surface area contributed by atoms with Gasteiger partial charge in [0.05, 0.1) is 18.3 Å². The fourth-order valence-corrected chi connectivity index (χ4v) is 4.87. The number of nitrogens with zero attached hydrogens (tertiary/aromatic N) is 5. The molecule has 2 aliphatic rings. The zero-order chi connectivity index (χ0) is 21.6. The molecule has 2 aromatic heterocycles. The van der Waals surface area contributed by atoms with Gasteiger partial charge in [0.1, 0.15) is 17.6 Å². The van der Waals surface area contributed by atoms with Crippen molar-refractivity contribution in [2.45, 2.75) is 37.4 Å². The van der Waals surface area contributed by atoms with E-state index in [9.17, 15) is 9.18 Å². The predicted octanol–water partition coefficient (Wildman–Crippen LogP) is 4.23. The highest BCUT2D eigenvalue weighted by molar-refractivity contribution is 6.31. The van der Waals surface area contributed by atoms with Crippen molar-refractivity contribution >= 4 is 29.0 Å². The van der Waals surface area contributed by atoms with Crippen molar-refractivity contribution in [2.24, 2.45) is 5.92 Å². The smallest absolute Gasteiger partial charge is 0.199 e. The summed E-state index contributed by atoms with van der Waals surface area (Å²) in [5, 5.41) is 9.27. The van der Waals surface area contributed by atoms with Gasteiger partial charge in [-0.3, -0.25) is 4.90 Å². The summed E-state index contributed by atoms with van der Waals surface area (Å²) in [7, 11) is 0. The Balaban J connectivity index is 1.56. The van der Waals surface area contributed by atoms with E-state index in [1.54, 1.807) is 30.6 Å². The number of aromatic nitrogens is 4. The van der Waals surface area contributed by atoms with Crippen molar-refractivity contribution in [1.82, 2.24) is 24.9 Å². The summed E-state index contributed by atoms with van der Waals surface area (Å²) >= 11 is 6.09. The molecule has 160 valence electrons. The second-order valence-corrected chi connectivity index (χ2v) is 8.52. The molecule has 31 heavy (non-hydrogen) atoms. The van der Waals surface area contributed by atoms with Gasteiger partial charge in [0.15, 0.2) is 17.1 Å². The summed E-state index contributed by atoms with van der Waals surface area (Å²) in [5.74, 6) is -0.612. The van der Waals surface area contributed by atoms with Crippen molar-refractivity contribution in [3.63, 3.8) is 0 Å². The normalized spacial score (nSPS) is 29.3. The van der Waals surface area contributed by atoms with Gasteiger partial charge in [-0.25, -0.2) is 9.37 Å². The minimum absolute atomic E-state index is 0.00809. The highest BCUT2D eigenvalue weighted by atomic mass is 35.5. The van der Waals surface area contributed by atoms with Gasteiger partial charge in [-0.2, -0.15) is 15.0 Å². The molecule has 9 heteroatoms. The molecule has 0 amide bonds. The Kier molecular flexibility index (Phi) is 4.98. The molecule has 1 saturated heterocycles. The van der Waals surface area contributed by atoms with Gasteiger partial charge in [0, 0.05) is 23.5 Å². The van der Waals surface area contributed by atoms with Crippen LogP contribution in [0.2, 0.25) is 5.02 Å². The lowest BCUT2D eigenvalue weighted by Crippen LogP contribution is -2.61. The number of carbonyl (C=O) groups excluding carboxylic acids is 1.